The maximum Gasteiger partial charge on any atom is 0.408 e. The number of piperidine rings is 1. The van der Waals surface area contributed by atoms with Crippen molar-refractivity contribution in [1.29, 1.82) is 0 Å². The SMILES string of the molecule is O=C(NC1(C(=O)O)CC2CCC(C1)N2Cc1ccccc1)OCc1ccccc1. The van der Waals surface area contributed by atoms with Crippen molar-refractivity contribution in [1.82, 2.24) is 10.2 Å². The smallest absolute Gasteiger partial charge is 0.408 e. The molecule has 2 bridgehead atoms. The molecule has 2 heterocycles. The minimum absolute atomic E-state index is 0.120. The summed E-state index contributed by atoms with van der Waals surface area (Å²) in [5.74, 6) is -0.981. The molecule has 6 nitrogen and oxygen atoms in total. The van der Waals surface area contributed by atoms with E-state index in [1.54, 1.807) is 0 Å². The van der Waals surface area contributed by atoms with Gasteiger partial charge in [-0.25, -0.2) is 9.59 Å². The van der Waals surface area contributed by atoms with E-state index in [0.29, 0.717) is 12.8 Å². The number of hydrogen-bond acceptors (Lipinski definition) is 4. The molecule has 0 aliphatic carbocycles. The van der Waals surface area contributed by atoms with E-state index in [0.717, 1.165) is 24.9 Å². The normalized spacial score (nSPS) is 26.1. The van der Waals surface area contributed by atoms with Crippen LogP contribution in [0.3, 0.4) is 0 Å². The topological polar surface area (TPSA) is 78.9 Å². The van der Waals surface area contributed by atoms with Gasteiger partial charge in [0.1, 0.15) is 12.1 Å². The second kappa shape index (κ2) is 8.25. The summed E-state index contributed by atoms with van der Waals surface area (Å²) >= 11 is 0. The van der Waals surface area contributed by atoms with Gasteiger partial charge in [0.05, 0.1) is 0 Å². The molecule has 6 heteroatoms. The molecule has 0 spiro atoms. The average molecular weight is 394 g/mol. The first-order valence-electron chi connectivity index (χ1n) is 10.1. The average Bonchev–Trinajstić information content (AvgIpc) is 2.96. The lowest BCUT2D eigenvalue weighted by Gasteiger charge is -2.44. The lowest BCUT2D eigenvalue weighted by Crippen LogP contribution is -2.63. The van der Waals surface area contributed by atoms with Gasteiger partial charge in [-0.2, -0.15) is 0 Å². The first kappa shape index (κ1) is 19.5. The number of carbonyl (C=O) groups excluding carboxylic acids is 1. The number of benzene rings is 2. The van der Waals surface area contributed by atoms with Crippen LogP contribution < -0.4 is 5.32 Å². The number of amides is 1. The first-order valence-corrected chi connectivity index (χ1v) is 10.1. The van der Waals surface area contributed by atoms with Crippen molar-refractivity contribution in [2.45, 2.75) is 56.5 Å². The molecule has 152 valence electrons. The van der Waals surface area contributed by atoms with Gasteiger partial charge >= 0.3 is 12.1 Å². The fourth-order valence-electron chi connectivity index (χ4n) is 4.68. The van der Waals surface area contributed by atoms with Crippen molar-refractivity contribution >= 4 is 12.1 Å². The highest BCUT2D eigenvalue weighted by Gasteiger charge is 2.53. The monoisotopic (exact) mass is 394 g/mol. The fraction of sp³-hybridized carbons (Fsp3) is 0.391. The fourth-order valence-corrected chi connectivity index (χ4v) is 4.68. The van der Waals surface area contributed by atoms with Gasteiger partial charge in [0.25, 0.3) is 0 Å². The second-order valence-corrected chi connectivity index (χ2v) is 8.03. The quantitative estimate of drug-likeness (QED) is 0.783. The largest absolute Gasteiger partial charge is 0.480 e. The molecule has 2 unspecified atom stereocenters. The highest BCUT2D eigenvalue weighted by molar-refractivity contribution is 5.84. The number of alkyl carbamates (subject to hydrolysis) is 1. The van der Waals surface area contributed by atoms with Gasteiger partial charge in [0, 0.05) is 18.6 Å². The Morgan fingerprint density at radius 3 is 2.07 bits per heavy atom. The van der Waals surface area contributed by atoms with Crippen LogP contribution in [0.2, 0.25) is 0 Å². The molecule has 1 amide bonds. The van der Waals surface area contributed by atoms with Crippen molar-refractivity contribution in [2.75, 3.05) is 0 Å². The van der Waals surface area contributed by atoms with Crippen LogP contribution in [0, 0.1) is 0 Å². The van der Waals surface area contributed by atoms with E-state index in [4.69, 9.17) is 4.74 Å². The molecule has 2 N–H and O–H groups in total. The van der Waals surface area contributed by atoms with Crippen LogP contribution in [0.15, 0.2) is 60.7 Å². The summed E-state index contributed by atoms with van der Waals surface area (Å²) in [5.41, 5.74) is 0.819. The summed E-state index contributed by atoms with van der Waals surface area (Å²) in [6, 6.07) is 19.9. The maximum absolute atomic E-state index is 12.4. The van der Waals surface area contributed by atoms with Gasteiger partial charge in [0.15, 0.2) is 0 Å². The zero-order valence-corrected chi connectivity index (χ0v) is 16.3. The summed E-state index contributed by atoms with van der Waals surface area (Å²) in [7, 11) is 0. The molecule has 2 aliphatic heterocycles. The number of aliphatic carboxylic acids is 1. The Labute approximate surface area is 170 Å². The summed E-state index contributed by atoms with van der Waals surface area (Å²) in [4.78, 5) is 27.0. The highest BCUT2D eigenvalue weighted by atomic mass is 16.5. The third-order valence-corrected chi connectivity index (χ3v) is 6.11. The maximum atomic E-state index is 12.4. The lowest BCUT2D eigenvalue weighted by molar-refractivity contribution is -0.148. The van der Waals surface area contributed by atoms with Gasteiger partial charge in [-0.3, -0.25) is 4.90 Å². The third-order valence-electron chi connectivity index (χ3n) is 6.11. The number of nitrogens with zero attached hydrogens (tertiary/aromatic N) is 1. The zero-order valence-electron chi connectivity index (χ0n) is 16.3. The molecule has 2 atom stereocenters. The van der Waals surface area contributed by atoms with E-state index in [2.05, 4.69) is 22.3 Å². The van der Waals surface area contributed by atoms with Crippen LogP contribution in [0.4, 0.5) is 4.79 Å². The predicted octanol–water partition coefficient (Wildman–Crippen LogP) is 3.56. The molecule has 29 heavy (non-hydrogen) atoms. The van der Waals surface area contributed by atoms with Gasteiger partial charge in [-0.1, -0.05) is 60.7 Å². The summed E-state index contributed by atoms with van der Waals surface area (Å²) in [5, 5.41) is 12.7. The van der Waals surface area contributed by atoms with Crippen LogP contribution in [-0.2, 0) is 22.7 Å². The van der Waals surface area contributed by atoms with E-state index < -0.39 is 17.6 Å². The second-order valence-electron chi connectivity index (χ2n) is 8.03. The standard InChI is InChI=1S/C23H26N2O4/c26-21(27)23(24-22(28)29-16-18-9-5-2-6-10-18)13-19-11-12-20(14-23)25(19)15-17-7-3-1-4-8-17/h1-10,19-20H,11-16H2,(H,24,28)(H,26,27). The van der Waals surface area contributed by atoms with Crippen LogP contribution in [-0.4, -0.2) is 39.7 Å². The van der Waals surface area contributed by atoms with Crippen molar-refractivity contribution in [3.8, 4) is 0 Å². The molecule has 2 aliphatic rings. The van der Waals surface area contributed by atoms with Gasteiger partial charge in [-0.15, -0.1) is 0 Å². The van der Waals surface area contributed by atoms with Crippen LogP contribution >= 0.6 is 0 Å². The molecule has 4 rings (SSSR count). The molecular formula is C23H26N2O4. The Hall–Kier alpha value is -2.86. The van der Waals surface area contributed by atoms with Crippen molar-refractivity contribution < 1.29 is 19.4 Å². The number of carboxylic acid groups (broad SMARTS) is 1. The number of hydrogen-bond donors (Lipinski definition) is 2. The summed E-state index contributed by atoms with van der Waals surface area (Å²) in [6.07, 6.45) is 2.02. The first-order chi connectivity index (χ1) is 14.1. The summed E-state index contributed by atoms with van der Waals surface area (Å²) < 4.78 is 5.29. The number of rotatable bonds is 6. The zero-order chi connectivity index (χ0) is 20.3. The minimum atomic E-state index is -1.27. The predicted molar refractivity (Wildman–Crippen MR) is 108 cm³/mol. The van der Waals surface area contributed by atoms with Crippen LogP contribution in [0.5, 0.6) is 0 Å². The Balaban J connectivity index is 1.41. The molecule has 2 saturated heterocycles. The number of carboxylic acids is 1. The Kier molecular flexibility index (Phi) is 5.53. The third kappa shape index (κ3) is 4.27. The Morgan fingerprint density at radius 2 is 1.52 bits per heavy atom. The number of nitrogens with one attached hydrogen (secondary N) is 1. The Bertz CT molecular complexity index is 842. The van der Waals surface area contributed by atoms with Crippen LogP contribution in [0.1, 0.15) is 36.8 Å². The number of ether oxygens (including phenoxy) is 1. The molecule has 2 aromatic carbocycles. The van der Waals surface area contributed by atoms with Gasteiger partial charge in [-0.05, 0) is 36.8 Å². The minimum Gasteiger partial charge on any atom is -0.480 e. The molecule has 2 aromatic rings. The van der Waals surface area contributed by atoms with Crippen molar-refractivity contribution in [3.05, 3.63) is 71.8 Å². The molecule has 0 aromatic heterocycles. The van der Waals surface area contributed by atoms with E-state index >= 15 is 0 Å². The van der Waals surface area contributed by atoms with E-state index in [-0.39, 0.29) is 18.7 Å². The van der Waals surface area contributed by atoms with Crippen molar-refractivity contribution in [2.24, 2.45) is 0 Å². The van der Waals surface area contributed by atoms with Gasteiger partial charge < -0.3 is 15.2 Å². The van der Waals surface area contributed by atoms with E-state index in [9.17, 15) is 14.7 Å². The molecular weight excluding hydrogens is 368 g/mol. The Morgan fingerprint density at radius 1 is 0.966 bits per heavy atom. The summed E-state index contributed by atoms with van der Waals surface area (Å²) in [6.45, 7) is 0.930. The van der Waals surface area contributed by atoms with Crippen molar-refractivity contribution in [3.63, 3.8) is 0 Å². The number of carbonyl (C=O) groups is 2. The molecule has 2 fully saturated rings. The van der Waals surface area contributed by atoms with Gasteiger partial charge in [0.2, 0.25) is 0 Å². The van der Waals surface area contributed by atoms with Crippen LogP contribution in [0.25, 0.3) is 0 Å². The highest BCUT2D eigenvalue weighted by Crippen LogP contribution is 2.42. The van der Waals surface area contributed by atoms with E-state index in [1.807, 2.05) is 48.5 Å². The molecule has 0 radical (unpaired) electrons. The number of fused-ring (bicyclic) bond motifs is 2. The van der Waals surface area contributed by atoms with E-state index in [1.165, 1.54) is 5.56 Å². The molecule has 0 saturated carbocycles. The lowest BCUT2D eigenvalue weighted by atomic mass is 9.82.